The molecule has 17 heteroatoms. The molecule has 0 bridgehead atoms. The number of ether oxygens (including phenoxy) is 3. The molecule has 2 atom stereocenters. The highest BCUT2D eigenvalue weighted by Crippen LogP contribution is 2.12. The normalized spacial score (nSPS) is 15.9. The van der Waals surface area contributed by atoms with Crippen molar-refractivity contribution in [3.05, 3.63) is 12.2 Å². The van der Waals surface area contributed by atoms with Crippen LogP contribution in [-0.2, 0) is 57.4 Å². The van der Waals surface area contributed by atoms with Crippen LogP contribution in [0.25, 0.3) is 0 Å². The molecule has 0 aromatic carbocycles. The van der Waals surface area contributed by atoms with Gasteiger partial charge in [-0.15, -0.1) is 5.06 Å². The summed E-state index contributed by atoms with van der Waals surface area (Å²) < 4.78 is 16.1. The molecule has 0 spiro atoms. The third-order valence-corrected chi connectivity index (χ3v) is 6.14. The van der Waals surface area contributed by atoms with Crippen molar-refractivity contribution < 1.29 is 57.4 Å². The second-order valence-electron chi connectivity index (χ2n) is 9.71. The number of carbonyl (C=O) groups excluding carboxylic acids is 8. The van der Waals surface area contributed by atoms with Crippen LogP contribution >= 0.6 is 0 Å². The second-order valence-corrected chi connectivity index (χ2v) is 9.71. The fourth-order valence-electron chi connectivity index (χ4n) is 3.71. The molecule has 1 fully saturated rings. The van der Waals surface area contributed by atoms with E-state index in [1.165, 1.54) is 26.0 Å². The number of rotatable bonds is 21. The number of nitrogens with one attached hydrogen (secondary N) is 3. The highest BCUT2D eigenvalue weighted by atomic mass is 16.7. The Morgan fingerprint density at radius 2 is 1.32 bits per heavy atom. The van der Waals surface area contributed by atoms with Crippen molar-refractivity contribution in [2.45, 2.75) is 58.0 Å². The van der Waals surface area contributed by atoms with Crippen molar-refractivity contribution in [2.75, 3.05) is 52.7 Å². The monoisotopic (exact) mass is 625 g/mol. The van der Waals surface area contributed by atoms with Gasteiger partial charge in [0.15, 0.2) is 0 Å². The number of hydrogen-bond acceptors (Lipinski definition) is 12. The zero-order valence-corrected chi connectivity index (χ0v) is 24.8. The predicted octanol–water partition coefficient (Wildman–Crippen LogP) is -2.14. The van der Waals surface area contributed by atoms with E-state index in [2.05, 4.69) is 16.0 Å². The molecule has 0 saturated carbocycles. The van der Waals surface area contributed by atoms with E-state index in [1.54, 1.807) is 0 Å². The maximum absolute atomic E-state index is 12.3. The molecule has 0 radical (unpaired) electrons. The van der Waals surface area contributed by atoms with Crippen molar-refractivity contribution in [3.8, 4) is 0 Å². The largest absolute Gasteiger partial charge is 0.379 e. The van der Waals surface area contributed by atoms with E-state index in [4.69, 9.17) is 19.0 Å². The first-order chi connectivity index (χ1) is 21.0. The van der Waals surface area contributed by atoms with E-state index in [0.29, 0.717) is 31.2 Å². The van der Waals surface area contributed by atoms with Gasteiger partial charge in [-0.2, -0.15) is 0 Å². The number of amides is 7. The number of nitrogens with zero attached hydrogens (tertiary/aromatic N) is 2. The lowest BCUT2D eigenvalue weighted by Gasteiger charge is -2.19. The smallest absolute Gasteiger partial charge is 0.354 e. The van der Waals surface area contributed by atoms with E-state index in [9.17, 15) is 38.4 Å². The molecule has 1 saturated heterocycles. The minimum atomic E-state index is -1.17. The van der Waals surface area contributed by atoms with Crippen LogP contribution in [0.3, 0.4) is 0 Å². The fraction of sp³-hybridized carbons (Fsp3) is 0.630. The Labute approximate surface area is 253 Å². The van der Waals surface area contributed by atoms with Gasteiger partial charge in [0.05, 0.1) is 39.6 Å². The van der Waals surface area contributed by atoms with Crippen molar-refractivity contribution in [3.63, 3.8) is 0 Å². The van der Waals surface area contributed by atoms with Gasteiger partial charge in [0.1, 0.15) is 12.1 Å². The molecule has 244 valence electrons. The third-order valence-electron chi connectivity index (χ3n) is 6.14. The van der Waals surface area contributed by atoms with Crippen LogP contribution < -0.4 is 16.0 Å². The van der Waals surface area contributed by atoms with Crippen LogP contribution in [-0.4, -0.2) is 122 Å². The zero-order chi connectivity index (χ0) is 32.5. The highest BCUT2D eigenvalue weighted by Gasteiger charge is 2.34. The summed E-state index contributed by atoms with van der Waals surface area (Å²) in [5.74, 6) is -4.33. The van der Waals surface area contributed by atoms with E-state index >= 15 is 0 Å². The predicted molar refractivity (Wildman–Crippen MR) is 148 cm³/mol. The maximum Gasteiger partial charge on any atom is 0.354 e. The molecular weight excluding hydrogens is 586 g/mol. The van der Waals surface area contributed by atoms with E-state index in [-0.39, 0.29) is 76.4 Å². The lowest BCUT2D eigenvalue weighted by Crippen LogP contribution is -2.50. The van der Waals surface area contributed by atoms with Crippen LogP contribution in [0.2, 0.25) is 0 Å². The summed E-state index contributed by atoms with van der Waals surface area (Å²) in [5, 5.41) is 7.89. The quantitative estimate of drug-likeness (QED) is 0.0921. The fourth-order valence-corrected chi connectivity index (χ4v) is 3.71. The Hall–Kier alpha value is -4.22. The molecule has 0 aromatic rings. The van der Waals surface area contributed by atoms with Gasteiger partial charge in [-0.3, -0.25) is 38.5 Å². The van der Waals surface area contributed by atoms with Crippen LogP contribution in [0.5, 0.6) is 0 Å². The van der Waals surface area contributed by atoms with Gasteiger partial charge in [0.2, 0.25) is 17.7 Å². The lowest BCUT2D eigenvalue weighted by molar-refractivity contribution is -0.198. The Morgan fingerprint density at radius 1 is 0.750 bits per heavy atom. The van der Waals surface area contributed by atoms with E-state index in [0.717, 1.165) is 4.90 Å². The molecule has 7 amide bonds. The van der Waals surface area contributed by atoms with Gasteiger partial charge in [-0.1, -0.05) is 0 Å². The molecular formula is C27H39N5O12. The van der Waals surface area contributed by atoms with Gasteiger partial charge in [0, 0.05) is 50.9 Å². The van der Waals surface area contributed by atoms with Gasteiger partial charge < -0.3 is 35.0 Å². The summed E-state index contributed by atoms with van der Waals surface area (Å²) in [6.07, 6.45) is 2.84. The second kappa shape index (κ2) is 19.1. The SMILES string of the molecule is CC(NC(=O)CCOCCOCCOCCNC(=O)CCCN1C(=O)C=CC1=O)C(=O)NC(C)C(=O)ON1C(=O)CCC1=O. The Bertz CT molecular complexity index is 1080. The van der Waals surface area contributed by atoms with Gasteiger partial charge in [-0.25, -0.2) is 4.79 Å². The zero-order valence-electron chi connectivity index (χ0n) is 24.8. The molecule has 0 aliphatic carbocycles. The number of hydrogen-bond donors (Lipinski definition) is 3. The Morgan fingerprint density at radius 3 is 1.93 bits per heavy atom. The van der Waals surface area contributed by atoms with Crippen LogP contribution in [0, 0.1) is 0 Å². The van der Waals surface area contributed by atoms with Crippen molar-refractivity contribution in [1.82, 2.24) is 25.9 Å². The topological polar surface area (TPSA) is 216 Å². The van der Waals surface area contributed by atoms with Crippen molar-refractivity contribution in [2.24, 2.45) is 0 Å². The van der Waals surface area contributed by atoms with Gasteiger partial charge in [0.25, 0.3) is 23.6 Å². The van der Waals surface area contributed by atoms with Gasteiger partial charge >= 0.3 is 5.97 Å². The minimum absolute atomic E-state index is 0.0189. The highest BCUT2D eigenvalue weighted by molar-refractivity contribution is 6.12. The third kappa shape index (κ3) is 13.0. The standard InChI is InChI=1S/C27H39N5O12/c1-18(26(39)30-19(2)27(40)44-32-24(37)7-8-25(32)38)29-21(34)9-12-41-14-16-43-17-15-42-13-10-28-20(33)4-3-11-31-22(35)5-6-23(31)36/h5-6,18-19H,3-4,7-17H2,1-2H3,(H,28,33)(H,29,34)(H,30,39). The molecule has 0 aromatic heterocycles. The summed E-state index contributed by atoms with van der Waals surface area (Å²) in [5.41, 5.74) is 0. The van der Waals surface area contributed by atoms with Gasteiger partial charge in [-0.05, 0) is 20.3 Å². The molecule has 2 rings (SSSR count). The summed E-state index contributed by atoms with van der Waals surface area (Å²) in [6.45, 7) is 4.70. The lowest BCUT2D eigenvalue weighted by atomic mass is 10.2. The first kappa shape index (κ1) is 36.0. The maximum atomic E-state index is 12.3. The molecule has 2 unspecified atom stereocenters. The Balaban J connectivity index is 1.39. The van der Waals surface area contributed by atoms with E-state index < -0.39 is 41.7 Å². The van der Waals surface area contributed by atoms with E-state index in [1.807, 2.05) is 0 Å². The molecule has 2 heterocycles. The average Bonchev–Trinajstić information content (AvgIpc) is 3.47. The van der Waals surface area contributed by atoms with Crippen LogP contribution in [0.15, 0.2) is 12.2 Å². The summed E-state index contributed by atoms with van der Waals surface area (Å²) in [6, 6.07) is -2.14. The molecule has 2 aliphatic heterocycles. The van der Waals surface area contributed by atoms with Crippen molar-refractivity contribution >= 4 is 47.3 Å². The van der Waals surface area contributed by atoms with Crippen molar-refractivity contribution in [1.29, 1.82) is 0 Å². The molecule has 3 N–H and O–H groups in total. The number of carbonyl (C=O) groups is 8. The van der Waals surface area contributed by atoms with Crippen LogP contribution in [0.4, 0.5) is 0 Å². The minimum Gasteiger partial charge on any atom is -0.379 e. The molecule has 17 nitrogen and oxygen atoms in total. The number of hydroxylamine groups is 2. The Kier molecular flexibility index (Phi) is 15.6. The summed E-state index contributed by atoms with van der Waals surface area (Å²) >= 11 is 0. The van der Waals surface area contributed by atoms with Crippen LogP contribution in [0.1, 0.15) is 46.0 Å². The molecule has 44 heavy (non-hydrogen) atoms. The average molecular weight is 626 g/mol. The molecule has 2 aliphatic rings. The summed E-state index contributed by atoms with van der Waals surface area (Å²) in [4.78, 5) is 100.0. The first-order valence-electron chi connectivity index (χ1n) is 14.2. The summed E-state index contributed by atoms with van der Waals surface area (Å²) in [7, 11) is 0. The number of imide groups is 2. The first-order valence-corrected chi connectivity index (χ1v) is 14.2.